The zero-order valence-corrected chi connectivity index (χ0v) is 18.3. The molecular formula is C22H21F9O5. The van der Waals surface area contributed by atoms with E-state index < -0.39 is 60.9 Å². The van der Waals surface area contributed by atoms with Gasteiger partial charge in [0.15, 0.2) is 0 Å². The lowest BCUT2D eigenvalue weighted by atomic mass is 9.89. The lowest BCUT2D eigenvalue weighted by Gasteiger charge is -2.35. The van der Waals surface area contributed by atoms with Gasteiger partial charge in [0.05, 0.1) is 17.9 Å². The Morgan fingerprint density at radius 1 is 0.972 bits per heavy atom. The molecule has 2 aliphatic carbocycles. The molecule has 202 valence electrons. The van der Waals surface area contributed by atoms with Crippen LogP contribution in [0.15, 0.2) is 24.3 Å². The molecule has 0 saturated heterocycles. The standard InChI is InChI=1S/C22H21F9O5/c23-19(24,20(25,26)21(27,28)22(29,30)31)9-15(10-35-14-3-1-2-13(8-14)17(32)33)36-18(34)16-7-11-4-5-12(16)6-11/h1-3,8,11-12,15-16H,4-7,9-10H2,(H,32,33). The highest BCUT2D eigenvalue weighted by atomic mass is 19.4. The van der Waals surface area contributed by atoms with E-state index in [0.29, 0.717) is 19.3 Å². The van der Waals surface area contributed by atoms with E-state index in [9.17, 15) is 49.1 Å². The molecule has 2 fully saturated rings. The van der Waals surface area contributed by atoms with Crippen molar-refractivity contribution in [3.63, 3.8) is 0 Å². The first-order valence-corrected chi connectivity index (χ1v) is 10.8. The van der Waals surface area contributed by atoms with Crippen molar-refractivity contribution in [3.05, 3.63) is 29.8 Å². The molecule has 0 amide bonds. The molecule has 0 aromatic heterocycles. The highest BCUT2D eigenvalue weighted by Gasteiger charge is 2.81. The van der Waals surface area contributed by atoms with Gasteiger partial charge in [0.2, 0.25) is 0 Å². The van der Waals surface area contributed by atoms with Gasteiger partial charge in [-0.3, -0.25) is 4.79 Å². The Hall–Kier alpha value is -2.67. The van der Waals surface area contributed by atoms with Gasteiger partial charge >= 0.3 is 35.9 Å². The van der Waals surface area contributed by atoms with Crippen molar-refractivity contribution in [1.82, 2.24) is 0 Å². The number of hydrogen-bond donors (Lipinski definition) is 1. The molecule has 0 spiro atoms. The van der Waals surface area contributed by atoms with Gasteiger partial charge in [-0.05, 0) is 49.3 Å². The molecule has 4 atom stereocenters. The maximum atomic E-state index is 14.3. The Morgan fingerprint density at radius 3 is 2.17 bits per heavy atom. The Balaban J connectivity index is 1.81. The fraction of sp³-hybridized carbons (Fsp3) is 0.636. The van der Waals surface area contributed by atoms with E-state index >= 15 is 0 Å². The van der Waals surface area contributed by atoms with E-state index in [-0.39, 0.29) is 23.1 Å². The van der Waals surface area contributed by atoms with Crippen LogP contribution in [0.4, 0.5) is 39.5 Å². The SMILES string of the molecule is O=C(O)c1cccc(OCC(CC(F)(F)C(F)(F)C(F)(F)C(F)(F)F)OC(=O)C2CC3CCC2C3)c1. The van der Waals surface area contributed by atoms with Crippen molar-refractivity contribution < 1.29 is 63.7 Å². The number of esters is 1. The number of carbonyl (C=O) groups excluding carboxylic acids is 1. The van der Waals surface area contributed by atoms with Gasteiger partial charge in [0.1, 0.15) is 18.5 Å². The second-order valence-corrected chi connectivity index (χ2v) is 9.04. The molecule has 4 unspecified atom stereocenters. The molecule has 2 aliphatic rings. The van der Waals surface area contributed by atoms with Crippen molar-refractivity contribution in [2.75, 3.05) is 6.61 Å². The number of alkyl halides is 9. The predicted molar refractivity (Wildman–Crippen MR) is 103 cm³/mol. The Kier molecular flexibility index (Phi) is 7.49. The van der Waals surface area contributed by atoms with Crippen molar-refractivity contribution in [2.45, 2.75) is 62.2 Å². The average Bonchev–Trinajstić information content (AvgIpc) is 3.40. The van der Waals surface area contributed by atoms with Crippen molar-refractivity contribution in [3.8, 4) is 5.75 Å². The maximum Gasteiger partial charge on any atom is 0.460 e. The van der Waals surface area contributed by atoms with E-state index in [1.807, 2.05) is 0 Å². The molecular weight excluding hydrogens is 515 g/mol. The lowest BCUT2D eigenvalue weighted by molar-refractivity contribution is -0.398. The lowest BCUT2D eigenvalue weighted by Crippen LogP contribution is -2.61. The minimum Gasteiger partial charge on any atom is -0.490 e. The average molecular weight is 536 g/mol. The number of hydrogen-bond acceptors (Lipinski definition) is 4. The molecule has 0 radical (unpaired) electrons. The quantitative estimate of drug-likeness (QED) is 0.295. The summed E-state index contributed by atoms with van der Waals surface area (Å²) in [6.07, 6.45) is -9.27. The summed E-state index contributed by atoms with van der Waals surface area (Å²) in [5, 5.41) is 8.99. The van der Waals surface area contributed by atoms with Crippen LogP contribution in [-0.2, 0) is 9.53 Å². The summed E-state index contributed by atoms with van der Waals surface area (Å²) < 4.78 is 130. The van der Waals surface area contributed by atoms with Crippen LogP contribution in [0.5, 0.6) is 5.75 Å². The van der Waals surface area contributed by atoms with Gasteiger partial charge in [-0.1, -0.05) is 12.5 Å². The predicted octanol–water partition coefficient (Wildman–Crippen LogP) is 5.97. The third kappa shape index (κ3) is 5.36. The van der Waals surface area contributed by atoms with Gasteiger partial charge in [0.25, 0.3) is 0 Å². The summed E-state index contributed by atoms with van der Waals surface area (Å²) in [5.74, 6) is -23.4. The summed E-state index contributed by atoms with van der Waals surface area (Å²) in [7, 11) is 0. The fourth-order valence-electron chi connectivity index (χ4n) is 4.65. The number of fused-ring (bicyclic) bond motifs is 2. The number of aromatic carboxylic acids is 1. The van der Waals surface area contributed by atoms with Gasteiger partial charge in [-0.2, -0.15) is 39.5 Å². The highest BCUT2D eigenvalue weighted by molar-refractivity contribution is 5.88. The number of halogens is 9. The number of ether oxygens (including phenoxy) is 2. The Labute approximate surface area is 198 Å². The van der Waals surface area contributed by atoms with Crippen LogP contribution in [0.3, 0.4) is 0 Å². The summed E-state index contributed by atoms with van der Waals surface area (Å²) in [6, 6.07) is 4.38. The van der Waals surface area contributed by atoms with E-state index in [1.165, 1.54) is 6.07 Å². The highest BCUT2D eigenvalue weighted by Crippen LogP contribution is 2.54. The topological polar surface area (TPSA) is 72.8 Å². The van der Waals surface area contributed by atoms with Crippen molar-refractivity contribution in [1.29, 1.82) is 0 Å². The van der Waals surface area contributed by atoms with Crippen LogP contribution >= 0.6 is 0 Å². The van der Waals surface area contributed by atoms with Crippen LogP contribution < -0.4 is 4.74 Å². The molecule has 1 N–H and O–H groups in total. The summed E-state index contributed by atoms with van der Waals surface area (Å²) in [5.41, 5.74) is -0.315. The molecule has 1 aromatic rings. The first-order valence-electron chi connectivity index (χ1n) is 10.8. The first-order chi connectivity index (χ1) is 16.5. The smallest absolute Gasteiger partial charge is 0.460 e. The van der Waals surface area contributed by atoms with Gasteiger partial charge < -0.3 is 14.6 Å². The molecule has 0 heterocycles. The molecule has 0 aliphatic heterocycles. The second-order valence-electron chi connectivity index (χ2n) is 9.04. The summed E-state index contributed by atoms with van der Waals surface area (Å²) in [4.78, 5) is 23.6. The zero-order valence-electron chi connectivity index (χ0n) is 18.3. The number of carboxylic acids is 1. The van der Waals surface area contributed by atoms with Crippen LogP contribution in [0.25, 0.3) is 0 Å². The van der Waals surface area contributed by atoms with E-state index in [4.69, 9.17) is 14.6 Å². The second kappa shape index (κ2) is 9.66. The minimum absolute atomic E-state index is 0.146. The summed E-state index contributed by atoms with van der Waals surface area (Å²) in [6.45, 7) is -1.14. The maximum absolute atomic E-state index is 14.3. The largest absolute Gasteiger partial charge is 0.490 e. The first kappa shape index (κ1) is 27.9. The normalized spacial score (nSPS) is 23.4. The molecule has 2 saturated carbocycles. The van der Waals surface area contributed by atoms with E-state index in [2.05, 4.69) is 0 Å². The third-order valence-corrected chi connectivity index (χ3v) is 6.53. The van der Waals surface area contributed by atoms with Gasteiger partial charge in [-0.25, -0.2) is 4.79 Å². The molecule has 1 aromatic carbocycles. The number of carboxylic acid groups (broad SMARTS) is 1. The van der Waals surface area contributed by atoms with Crippen LogP contribution in [0.2, 0.25) is 0 Å². The monoisotopic (exact) mass is 536 g/mol. The van der Waals surface area contributed by atoms with Gasteiger partial charge in [-0.15, -0.1) is 0 Å². The van der Waals surface area contributed by atoms with Gasteiger partial charge in [0, 0.05) is 0 Å². The Morgan fingerprint density at radius 2 is 1.64 bits per heavy atom. The van der Waals surface area contributed by atoms with Crippen LogP contribution in [0.1, 0.15) is 42.5 Å². The van der Waals surface area contributed by atoms with E-state index in [0.717, 1.165) is 24.6 Å². The molecule has 5 nitrogen and oxygen atoms in total. The molecule has 2 bridgehead atoms. The number of carbonyl (C=O) groups is 2. The molecule has 3 rings (SSSR count). The third-order valence-electron chi connectivity index (χ3n) is 6.53. The molecule has 36 heavy (non-hydrogen) atoms. The minimum atomic E-state index is -7.08. The molecule has 14 heteroatoms. The van der Waals surface area contributed by atoms with Crippen LogP contribution in [0, 0.1) is 17.8 Å². The van der Waals surface area contributed by atoms with E-state index in [1.54, 1.807) is 0 Å². The number of rotatable bonds is 10. The number of benzene rings is 1. The van der Waals surface area contributed by atoms with Crippen LogP contribution in [-0.4, -0.2) is 53.7 Å². The van der Waals surface area contributed by atoms with Crippen molar-refractivity contribution >= 4 is 11.9 Å². The van der Waals surface area contributed by atoms with Crippen molar-refractivity contribution in [2.24, 2.45) is 17.8 Å². The zero-order chi connectivity index (χ0) is 27.1. The summed E-state index contributed by atoms with van der Waals surface area (Å²) >= 11 is 0. The fourth-order valence-corrected chi connectivity index (χ4v) is 4.65. The Bertz CT molecular complexity index is 979.